The Morgan fingerprint density at radius 1 is 1.10 bits per heavy atom. The lowest BCUT2D eigenvalue weighted by atomic mass is 10.2. The molecule has 31 heavy (non-hydrogen) atoms. The summed E-state index contributed by atoms with van der Waals surface area (Å²) in [5, 5.41) is 3.05. The molecule has 0 unspecified atom stereocenters. The highest BCUT2D eigenvalue weighted by Crippen LogP contribution is 2.16. The molecule has 8 nitrogen and oxygen atoms in total. The minimum atomic E-state index is -3.79. The first-order valence-electron chi connectivity index (χ1n) is 9.14. The van der Waals surface area contributed by atoms with Crippen molar-refractivity contribution in [2.75, 3.05) is 5.32 Å². The van der Waals surface area contributed by atoms with Crippen LogP contribution in [0.25, 0.3) is 0 Å². The van der Waals surface area contributed by atoms with Crippen LogP contribution in [0.1, 0.15) is 23.0 Å². The van der Waals surface area contributed by atoms with Gasteiger partial charge in [-0.25, -0.2) is 17.9 Å². The lowest BCUT2D eigenvalue weighted by Crippen LogP contribution is -2.30. The molecule has 1 amide bonds. The molecule has 2 aromatic carbocycles. The Labute approximate surface area is 184 Å². The van der Waals surface area contributed by atoms with E-state index in [2.05, 4.69) is 10.0 Å². The third-order valence-corrected chi connectivity index (χ3v) is 5.81. The highest BCUT2D eigenvalue weighted by molar-refractivity contribution is 7.89. The van der Waals surface area contributed by atoms with Gasteiger partial charge in [0.25, 0.3) is 5.91 Å². The van der Waals surface area contributed by atoms with Gasteiger partial charge in [-0.05, 0) is 61.5 Å². The summed E-state index contributed by atoms with van der Waals surface area (Å²) in [6, 6.07) is 15.0. The molecule has 0 bridgehead atoms. The summed E-state index contributed by atoms with van der Waals surface area (Å²) in [6.45, 7) is 1.42. The average Bonchev–Trinajstić information content (AvgIpc) is 3.26. The number of halogens is 1. The molecule has 3 rings (SSSR count). The van der Waals surface area contributed by atoms with Crippen LogP contribution in [0.2, 0.25) is 5.02 Å². The molecule has 0 radical (unpaired) electrons. The van der Waals surface area contributed by atoms with Gasteiger partial charge in [0.2, 0.25) is 10.0 Å². The Morgan fingerprint density at radius 2 is 1.84 bits per heavy atom. The first kappa shape index (κ1) is 22.5. The van der Waals surface area contributed by atoms with Crippen molar-refractivity contribution in [2.45, 2.75) is 24.5 Å². The highest BCUT2D eigenvalue weighted by atomic mass is 35.5. The van der Waals surface area contributed by atoms with E-state index in [1.807, 2.05) is 0 Å². The van der Waals surface area contributed by atoms with Gasteiger partial charge in [-0.15, -0.1) is 0 Å². The van der Waals surface area contributed by atoms with E-state index in [4.69, 9.17) is 20.8 Å². The van der Waals surface area contributed by atoms with Gasteiger partial charge in [0.15, 0.2) is 6.10 Å². The van der Waals surface area contributed by atoms with Gasteiger partial charge in [-0.2, -0.15) is 0 Å². The second kappa shape index (κ2) is 9.78. The molecule has 0 aliphatic heterocycles. The summed E-state index contributed by atoms with van der Waals surface area (Å²) in [7, 11) is -3.79. The van der Waals surface area contributed by atoms with Crippen molar-refractivity contribution in [2.24, 2.45) is 0 Å². The Morgan fingerprint density at radius 3 is 2.48 bits per heavy atom. The van der Waals surface area contributed by atoms with E-state index in [9.17, 15) is 18.0 Å². The topological polar surface area (TPSA) is 115 Å². The molecule has 0 saturated carbocycles. The number of hydrogen-bond donors (Lipinski definition) is 2. The molecule has 10 heteroatoms. The number of rotatable bonds is 8. The second-order valence-corrected chi connectivity index (χ2v) is 8.68. The molecule has 162 valence electrons. The third kappa shape index (κ3) is 6.17. The van der Waals surface area contributed by atoms with Crippen molar-refractivity contribution in [3.05, 3.63) is 83.3 Å². The van der Waals surface area contributed by atoms with Crippen molar-refractivity contribution in [3.63, 3.8) is 0 Å². The Kier molecular flexibility index (Phi) is 7.11. The van der Waals surface area contributed by atoms with Gasteiger partial charge in [-0.1, -0.05) is 17.7 Å². The smallest absolute Gasteiger partial charge is 0.338 e. The largest absolute Gasteiger partial charge is 0.468 e. The van der Waals surface area contributed by atoms with Crippen molar-refractivity contribution < 1.29 is 27.2 Å². The standard InChI is InChI=1S/C21H19ClN2O6S/c1-14(20(25)24-17-5-2-4-16(22)12-17)30-21(26)15-7-9-19(10-8-15)31(27,28)23-13-18-6-3-11-29-18/h2-12,14,23H,13H2,1H3,(H,24,25)/t14-/m0/s1. The lowest BCUT2D eigenvalue weighted by Gasteiger charge is -2.14. The molecule has 0 aliphatic rings. The maximum absolute atomic E-state index is 12.3. The Balaban J connectivity index is 1.58. The molecule has 1 atom stereocenters. The number of carbonyl (C=O) groups excluding carboxylic acids is 2. The van der Waals surface area contributed by atoms with Crippen molar-refractivity contribution in [1.82, 2.24) is 4.72 Å². The van der Waals surface area contributed by atoms with Crippen molar-refractivity contribution in [1.29, 1.82) is 0 Å². The van der Waals surface area contributed by atoms with E-state index in [0.29, 0.717) is 16.5 Å². The van der Waals surface area contributed by atoms with Gasteiger partial charge in [0.1, 0.15) is 5.76 Å². The second-order valence-electron chi connectivity index (χ2n) is 6.48. The minimum absolute atomic E-state index is 0.00161. The van der Waals surface area contributed by atoms with E-state index >= 15 is 0 Å². The normalized spacial score (nSPS) is 12.2. The molecule has 0 fully saturated rings. The first-order chi connectivity index (χ1) is 14.7. The van der Waals surface area contributed by atoms with Gasteiger partial charge in [-0.3, -0.25) is 4.79 Å². The summed E-state index contributed by atoms with van der Waals surface area (Å²) in [4.78, 5) is 24.5. The van der Waals surface area contributed by atoms with E-state index in [1.165, 1.54) is 37.5 Å². The fraction of sp³-hybridized carbons (Fsp3) is 0.143. The summed E-state index contributed by atoms with van der Waals surface area (Å²) >= 11 is 5.87. The van der Waals surface area contributed by atoms with Crippen LogP contribution in [0.3, 0.4) is 0 Å². The van der Waals surface area contributed by atoms with E-state index in [1.54, 1.807) is 36.4 Å². The number of ether oxygens (including phenoxy) is 1. The fourth-order valence-electron chi connectivity index (χ4n) is 2.53. The number of amides is 1. The van der Waals surface area contributed by atoms with Crippen LogP contribution in [-0.2, 0) is 26.1 Å². The van der Waals surface area contributed by atoms with Gasteiger partial charge >= 0.3 is 5.97 Å². The summed E-state index contributed by atoms with van der Waals surface area (Å²) in [5.74, 6) is -0.827. The van der Waals surface area contributed by atoms with Crippen LogP contribution in [0.15, 0.2) is 76.2 Å². The zero-order valence-corrected chi connectivity index (χ0v) is 17.9. The number of sulfonamides is 1. The highest BCUT2D eigenvalue weighted by Gasteiger charge is 2.20. The molecular weight excluding hydrogens is 444 g/mol. The van der Waals surface area contributed by atoms with Crippen LogP contribution in [0.4, 0.5) is 5.69 Å². The average molecular weight is 463 g/mol. The molecular formula is C21H19ClN2O6S. The fourth-order valence-corrected chi connectivity index (χ4v) is 3.71. The maximum atomic E-state index is 12.3. The minimum Gasteiger partial charge on any atom is -0.468 e. The summed E-state index contributed by atoms with van der Waals surface area (Å²) in [5.41, 5.74) is 0.574. The number of esters is 1. The molecule has 1 heterocycles. The predicted molar refractivity (Wildman–Crippen MR) is 114 cm³/mol. The number of carbonyl (C=O) groups is 2. The molecule has 1 aromatic heterocycles. The summed E-state index contributed by atoms with van der Waals surface area (Å²) < 4.78 is 37.3. The zero-order valence-electron chi connectivity index (χ0n) is 16.4. The monoisotopic (exact) mass is 462 g/mol. The van der Waals surface area contributed by atoms with Crippen LogP contribution >= 0.6 is 11.6 Å². The molecule has 0 saturated heterocycles. The number of anilines is 1. The number of furan rings is 1. The van der Waals surface area contributed by atoms with Crippen LogP contribution in [0, 0.1) is 0 Å². The maximum Gasteiger partial charge on any atom is 0.338 e. The predicted octanol–water partition coefficient (Wildman–Crippen LogP) is 3.60. The lowest BCUT2D eigenvalue weighted by molar-refractivity contribution is -0.123. The third-order valence-electron chi connectivity index (χ3n) is 4.16. The van der Waals surface area contributed by atoms with E-state index < -0.39 is 28.0 Å². The van der Waals surface area contributed by atoms with Gasteiger partial charge < -0.3 is 14.5 Å². The zero-order chi connectivity index (χ0) is 22.4. The number of hydrogen-bond acceptors (Lipinski definition) is 6. The molecule has 3 aromatic rings. The van der Waals surface area contributed by atoms with E-state index in [0.717, 1.165) is 0 Å². The first-order valence-corrected chi connectivity index (χ1v) is 11.0. The quantitative estimate of drug-likeness (QED) is 0.494. The molecule has 0 aliphatic carbocycles. The number of nitrogens with one attached hydrogen (secondary N) is 2. The Bertz CT molecular complexity index is 1160. The van der Waals surface area contributed by atoms with Gasteiger partial charge in [0.05, 0.1) is 23.3 Å². The van der Waals surface area contributed by atoms with Gasteiger partial charge in [0, 0.05) is 10.7 Å². The van der Waals surface area contributed by atoms with E-state index in [-0.39, 0.29) is 17.0 Å². The number of benzene rings is 2. The Hall–Kier alpha value is -3.14. The van der Waals surface area contributed by atoms with Crippen LogP contribution in [-0.4, -0.2) is 26.4 Å². The van der Waals surface area contributed by atoms with Crippen LogP contribution < -0.4 is 10.0 Å². The SMILES string of the molecule is C[C@H](OC(=O)c1ccc(S(=O)(=O)NCc2ccco2)cc1)C(=O)Nc1cccc(Cl)c1. The van der Waals surface area contributed by atoms with Crippen molar-refractivity contribution in [3.8, 4) is 0 Å². The van der Waals surface area contributed by atoms with Crippen LogP contribution in [0.5, 0.6) is 0 Å². The molecule has 2 N–H and O–H groups in total. The molecule has 0 spiro atoms. The summed E-state index contributed by atoms with van der Waals surface area (Å²) in [6.07, 6.45) is 0.366. The van der Waals surface area contributed by atoms with Crippen molar-refractivity contribution >= 4 is 39.2 Å².